The van der Waals surface area contributed by atoms with Crippen LogP contribution in [-0.4, -0.2) is 20.2 Å². The number of sulfonamides is 1. The van der Waals surface area contributed by atoms with Crippen LogP contribution in [0, 0.1) is 17.5 Å². The van der Waals surface area contributed by atoms with E-state index in [0.29, 0.717) is 25.0 Å². The van der Waals surface area contributed by atoms with E-state index in [0.717, 1.165) is 36.6 Å². The minimum atomic E-state index is -4.67. The van der Waals surface area contributed by atoms with Gasteiger partial charge >= 0.3 is 0 Å². The minimum absolute atomic E-state index is 0.217. The molecule has 0 heterocycles. The summed E-state index contributed by atoms with van der Waals surface area (Å²) < 4.78 is 68.2. The van der Waals surface area contributed by atoms with Gasteiger partial charge < -0.3 is 5.32 Å². The van der Waals surface area contributed by atoms with Crippen molar-refractivity contribution in [2.75, 3.05) is 11.1 Å². The standard InChI is InChI=1S/C20H23F3N2O2S2/c21-15-16(22)20(29(24,26)27)18(25-14-9-5-2-6-10-14)17(23)19(15)28-12-11-13-7-3-1-4-8-13/h1,3-4,7-8,14,25H,2,5-6,9-12H2,(H2,24,26,27). The number of anilines is 1. The summed E-state index contributed by atoms with van der Waals surface area (Å²) >= 11 is 0.813. The average molecular weight is 445 g/mol. The minimum Gasteiger partial charge on any atom is -0.379 e. The van der Waals surface area contributed by atoms with E-state index in [9.17, 15) is 17.2 Å². The topological polar surface area (TPSA) is 72.2 Å². The lowest BCUT2D eigenvalue weighted by atomic mass is 9.95. The van der Waals surface area contributed by atoms with Crippen molar-refractivity contribution in [3.05, 3.63) is 53.3 Å². The first-order valence-electron chi connectivity index (χ1n) is 9.45. The highest BCUT2D eigenvalue weighted by Crippen LogP contribution is 2.38. The van der Waals surface area contributed by atoms with E-state index in [4.69, 9.17) is 5.14 Å². The molecule has 0 amide bonds. The zero-order valence-corrected chi connectivity index (χ0v) is 17.4. The number of primary sulfonamides is 1. The summed E-state index contributed by atoms with van der Waals surface area (Å²) in [6.07, 6.45) is 4.73. The van der Waals surface area contributed by atoms with Gasteiger partial charge in [0, 0.05) is 11.8 Å². The Labute approximate surface area is 173 Å². The van der Waals surface area contributed by atoms with Gasteiger partial charge in [0.1, 0.15) is 4.90 Å². The molecule has 29 heavy (non-hydrogen) atoms. The second-order valence-electron chi connectivity index (χ2n) is 7.08. The van der Waals surface area contributed by atoms with Gasteiger partial charge in [-0.3, -0.25) is 0 Å². The Bertz CT molecular complexity index is 964. The number of nitrogens with one attached hydrogen (secondary N) is 1. The van der Waals surface area contributed by atoms with Crippen LogP contribution in [0.5, 0.6) is 0 Å². The molecule has 1 saturated carbocycles. The van der Waals surface area contributed by atoms with Gasteiger partial charge in [0.2, 0.25) is 10.0 Å². The molecule has 0 bridgehead atoms. The van der Waals surface area contributed by atoms with Crippen LogP contribution in [0.15, 0.2) is 40.1 Å². The lowest BCUT2D eigenvalue weighted by Gasteiger charge is -2.26. The van der Waals surface area contributed by atoms with Crippen LogP contribution in [0.1, 0.15) is 37.7 Å². The molecule has 0 spiro atoms. The number of thioether (sulfide) groups is 1. The first kappa shape index (κ1) is 22.0. The maximum absolute atomic E-state index is 15.2. The Kier molecular flexibility index (Phi) is 7.13. The Balaban J connectivity index is 1.93. The summed E-state index contributed by atoms with van der Waals surface area (Å²) in [6, 6.07) is 9.12. The summed E-state index contributed by atoms with van der Waals surface area (Å²) in [4.78, 5) is -1.69. The summed E-state index contributed by atoms with van der Waals surface area (Å²) in [5.74, 6) is -3.99. The number of benzene rings is 2. The van der Waals surface area contributed by atoms with Gasteiger partial charge in [-0.2, -0.15) is 0 Å². The molecule has 0 aliphatic heterocycles. The molecule has 0 atom stereocenters. The normalized spacial score (nSPS) is 15.4. The third kappa shape index (κ3) is 5.26. The fraction of sp³-hybridized carbons (Fsp3) is 0.400. The van der Waals surface area contributed by atoms with Crippen LogP contribution in [0.4, 0.5) is 18.9 Å². The van der Waals surface area contributed by atoms with Gasteiger partial charge in [0.05, 0.1) is 10.6 Å². The van der Waals surface area contributed by atoms with E-state index in [1.54, 1.807) is 0 Å². The molecule has 0 radical (unpaired) electrons. The summed E-state index contributed by atoms with van der Waals surface area (Å²) in [5, 5.41) is 7.87. The van der Waals surface area contributed by atoms with Crippen LogP contribution < -0.4 is 10.5 Å². The number of hydrogen-bond acceptors (Lipinski definition) is 4. The summed E-state index contributed by atoms with van der Waals surface area (Å²) in [7, 11) is -4.67. The van der Waals surface area contributed by atoms with Crippen molar-refractivity contribution < 1.29 is 21.6 Å². The molecule has 0 saturated heterocycles. The van der Waals surface area contributed by atoms with Crippen molar-refractivity contribution >= 4 is 27.5 Å². The van der Waals surface area contributed by atoms with E-state index in [-0.39, 0.29) is 6.04 Å². The lowest BCUT2D eigenvalue weighted by molar-refractivity contribution is 0.437. The second kappa shape index (κ2) is 9.40. The fourth-order valence-corrected chi connectivity index (χ4v) is 5.27. The number of hydrogen-bond donors (Lipinski definition) is 2. The Morgan fingerprint density at radius 3 is 2.28 bits per heavy atom. The van der Waals surface area contributed by atoms with Crippen molar-refractivity contribution in [1.82, 2.24) is 0 Å². The molecule has 9 heteroatoms. The lowest BCUT2D eigenvalue weighted by Crippen LogP contribution is -2.27. The van der Waals surface area contributed by atoms with Crippen LogP contribution in [0.3, 0.4) is 0 Å². The molecule has 2 aromatic carbocycles. The van der Waals surface area contributed by atoms with Crippen molar-refractivity contribution in [3.63, 3.8) is 0 Å². The van der Waals surface area contributed by atoms with Crippen LogP contribution in [0.2, 0.25) is 0 Å². The maximum atomic E-state index is 15.2. The quantitative estimate of drug-likeness (QED) is 0.474. The highest BCUT2D eigenvalue weighted by molar-refractivity contribution is 7.99. The molecule has 0 unspecified atom stereocenters. The summed E-state index contributed by atoms with van der Waals surface area (Å²) in [6.45, 7) is 0. The molecule has 1 fully saturated rings. The fourth-order valence-electron chi connectivity index (χ4n) is 3.51. The predicted octanol–water partition coefficient (Wildman–Crippen LogP) is 4.83. The van der Waals surface area contributed by atoms with Gasteiger partial charge in [-0.15, -0.1) is 11.8 Å². The van der Waals surface area contributed by atoms with E-state index < -0.39 is 43.0 Å². The molecule has 4 nitrogen and oxygen atoms in total. The van der Waals surface area contributed by atoms with Crippen molar-refractivity contribution in [2.24, 2.45) is 5.14 Å². The number of rotatable bonds is 7. The van der Waals surface area contributed by atoms with E-state index in [2.05, 4.69) is 5.32 Å². The SMILES string of the molecule is NS(=O)(=O)c1c(F)c(F)c(SCCc2ccccc2)c(F)c1NC1CCCCC1. The highest BCUT2D eigenvalue weighted by atomic mass is 32.2. The molecule has 3 N–H and O–H groups in total. The molecule has 3 rings (SSSR count). The Morgan fingerprint density at radius 2 is 1.66 bits per heavy atom. The van der Waals surface area contributed by atoms with E-state index >= 15 is 4.39 Å². The molecule has 2 aromatic rings. The van der Waals surface area contributed by atoms with Crippen LogP contribution in [0.25, 0.3) is 0 Å². The van der Waals surface area contributed by atoms with Gasteiger partial charge in [0.25, 0.3) is 0 Å². The Morgan fingerprint density at radius 1 is 1.00 bits per heavy atom. The number of aryl methyl sites for hydroxylation is 1. The van der Waals surface area contributed by atoms with Crippen LogP contribution >= 0.6 is 11.8 Å². The smallest absolute Gasteiger partial charge is 0.243 e. The highest BCUT2D eigenvalue weighted by Gasteiger charge is 2.32. The molecule has 1 aliphatic carbocycles. The second-order valence-corrected chi connectivity index (χ2v) is 9.69. The van der Waals surface area contributed by atoms with Gasteiger partial charge in [-0.25, -0.2) is 26.7 Å². The third-order valence-corrected chi connectivity index (χ3v) is 6.96. The Hall–Kier alpha value is -1.71. The molecule has 0 aromatic heterocycles. The van der Waals surface area contributed by atoms with Gasteiger partial charge in [0.15, 0.2) is 17.5 Å². The van der Waals surface area contributed by atoms with Gasteiger partial charge in [-0.1, -0.05) is 49.6 Å². The molecule has 158 valence electrons. The first-order chi connectivity index (χ1) is 13.8. The zero-order chi connectivity index (χ0) is 21.0. The van der Waals surface area contributed by atoms with Crippen molar-refractivity contribution in [1.29, 1.82) is 0 Å². The van der Waals surface area contributed by atoms with E-state index in [1.807, 2.05) is 30.3 Å². The van der Waals surface area contributed by atoms with Crippen LogP contribution in [-0.2, 0) is 16.4 Å². The first-order valence-corrected chi connectivity index (χ1v) is 12.0. The monoisotopic (exact) mass is 444 g/mol. The van der Waals surface area contributed by atoms with Gasteiger partial charge in [-0.05, 0) is 24.8 Å². The van der Waals surface area contributed by atoms with E-state index in [1.165, 1.54) is 0 Å². The number of halogens is 3. The largest absolute Gasteiger partial charge is 0.379 e. The van der Waals surface area contributed by atoms with Crippen molar-refractivity contribution in [2.45, 2.75) is 54.4 Å². The average Bonchev–Trinajstić information content (AvgIpc) is 2.69. The molecule has 1 aliphatic rings. The molecular weight excluding hydrogens is 421 g/mol. The maximum Gasteiger partial charge on any atom is 0.243 e. The molecular formula is C20H23F3N2O2S2. The third-order valence-electron chi connectivity index (χ3n) is 4.96. The predicted molar refractivity (Wildman–Crippen MR) is 109 cm³/mol. The zero-order valence-electron chi connectivity index (χ0n) is 15.8. The number of nitrogens with two attached hydrogens (primary N) is 1. The summed E-state index contributed by atoms with van der Waals surface area (Å²) in [5.41, 5.74) is 0.406. The van der Waals surface area contributed by atoms with Crippen molar-refractivity contribution in [3.8, 4) is 0 Å².